The number of hydrogen-bond donors (Lipinski definition) is 0. The molecule has 0 bridgehead atoms. The van der Waals surface area contributed by atoms with Gasteiger partial charge in [0, 0.05) is 38.1 Å². The number of carbonyl (C=O) groups excluding carboxylic acids is 5. The van der Waals surface area contributed by atoms with Crippen LogP contribution in [0.15, 0.2) is 24.6 Å². The Morgan fingerprint density at radius 1 is 0.750 bits per heavy atom. The second-order valence-electron chi connectivity index (χ2n) is 4.96. The average Bonchev–Trinajstić information content (AvgIpc) is 3.04. The molecule has 0 atom stereocenters. The van der Waals surface area contributed by atoms with Gasteiger partial charge < -0.3 is 9.47 Å². The Hall–Kier alpha value is -2.97. The first-order valence-corrected chi connectivity index (χ1v) is 7.31. The summed E-state index contributed by atoms with van der Waals surface area (Å²) in [6.45, 7) is -0.328. The fourth-order valence-corrected chi connectivity index (χ4v) is 2.09. The van der Waals surface area contributed by atoms with Crippen LogP contribution in [0.1, 0.15) is 25.7 Å². The van der Waals surface area contributed by atoms with Crippen LogP contribution in [0, 0.1) is 0 Å². The van der Waals surface area contributed by atoms with Crippen molar-refractivity contribution in [2.45, 2.75) is 25.7 Å². The molecule has 24 heavy (non-hydrogen) atoms. The van der Waals surface area contributed by atoms with Crippen LogP contribution in [0.4, 0.5) is 4.79 Å². The van der Waals surface area contributed by atoms with Crippen LogP contribution in [0.5, 0.6) is 0 Å². The summed E-state index contributed by atoms with van der Waals surface area (Å²) in [7, 11) is 0. The molecule has 2 saturated heterocycles. The first-order valence-electron chi connectivity index (χ1n) is 7.31. The lowest BCUT2D eigenvalue weighted by molar-refractivity contribution is -0.136. The first-order chi connectivity index (χ1) is 11.5. The van der Waals surface area contributed by atoms with E-state index in [-0.39, 0.29) is 62.5 Å². The van der Waals surface area contributed by atoms with Crippen molar-refractivity contribution in [3.05, 3.63) is 24.6 Å². The maximum absolute atomic E-state index is 11.3. The van der Waals surface area contributed by atoms with Crippen molar-refractivity contribution in [1.29, 1.82) is 0 Å². The number of imide groups is 2. The number of ether oxygens (including phenoxy) is 2. The van der Waals surface area contributed by atoms with Crippen molar-refractivity contribution in [3.8, 4) is 0 Å². The standard InChI is InChI=1S/C15H16N2O7/c18-11-3-4-12(19)16(11)7-1-9-23-15(22)24-10-2-8-17-13(20)5-6-14(17)21/h1-2,7-8H,3-6,9-10H2. The highest BCUT2D eigenvalue weighted by Crippen LogP contribution is 2.12. The summed E-state index contributed by atoms with van der Waals surface area (Å²) in [4.78, 5) is 58.4. The molecule has 0 aliphatic carbocycles. The number of hydrogen-bond acceptors (Lipinski definition) is 7. The van der Waals surface area contributed by atoms with E-state index in [0.717, 1.165) is 9.80 Å². The van der Waals surface area contributed by atoms with Gasteiger partial charge in [0.15, 0.2) is 0 Å². The fourth-order valence-electron chi connectivity index (χ4n) is 2.09. The SMILES string of the molecule is O=C(OCC=CN1C(=O)CCC1=O)OCC=CN1C(=O)CCC1=O. The monoisotopic (exact) mass is 336 g/mol. The highest BCUT2D eigenvalue weighted by atomic mass is 16.7. The number of likely N-dealkylation sites (tertiary alicyclic amines) is 2. The Morgan fingerprint density at radius 2 is 1.08 bits per heavy atom. The third kappa shape index (κ3) is 4.51. The topological polar surface area (TPSA) is 110 Å². The maximum Gasteiger partial charge on any atom is 0.508 e. The van der Waals surface area contributed by atoms with Gasteiger partial charge in [-0.05, 0) is 12.2 Å². The summed E-state index contributed by atoms with van der Waals surface area (Å²) < 4.78 is 9.42. The average molecular weight is 336 g/mol. The van der Waals surface area contributed by atoms with E-state index < -0.39 is 6.16 Å². The molecule has 4 amide bonds. The van der Waals surface area contributed by atoms with Crippen LogP contribution in [0.3, 0.4) is 0 Å². The Kier molecular flexibility index (Phi) is 5.83. The van der Waals surface area contributed by atoms with Gasteiger partial charge in [-0.15, -0.1) is 0 Å². The number of rotatable bonds is 6. The number of carbonyl (C=O) groups is 5. The normalized spacial score (nSPS) is 18.5. The minimum absolute atomic E-state index is 0.164. The molecular weight excluding hydrogens is 320 g/mol. The van der Waals surface area contributed by atoms with Crippen molar-refractivity contribution in [3.63, 3.8) is 0 Å². The Morgan fingerprint density at radius 3 is 1.42 bits per heavy atom. The van der Waals surface area contributed by atoms with Crippen LogP contribution in [-0.4, -0.2) is 52.8 Å². The molecule has 2 fully saturated rings. The largest absolute Gasteiger partial charge is 0.508 e. The molecule has 0 aromatic carbocycles. The minimum Gasteiger partial charge on any atom is -0.430 e. The van der Waals surface area contributed by atoms with Crippen LogP contribution >= 0.6 is 0 Å². The molecule has 2 rings (SSSR count). The van der Waals surface area contributed by atoms with Gasteiger partial charge in [-0.25, -0.2) is 4.79 Å². The van der Waals surface area contributed by atoms with E-state index in [2.05, 4.69) is 0 Å². The molecule has 2 heterocycles. The molecule has 128 valence electrons. The predicted octanol–water partition coefficient (Wildman–Crippen LogP) is 0.465. The van der Waals surface area contributed by atoms with Crippen molar-refractivity contribution in [2.75, 3.05) is 13.2 Å². The summed E-state index contributed by atoms with van der Waals surface area (Å²) in [6.07, 6.45) is 4.98. The van der Waals surface area contributed by atoms with Gasteiger partial charge in [-0.3, -0.25) is 29.0 Å². The second kappa shape index (κ2) is 8.04. The lowest BCUT2D eigenvalue weighted by Gasteiger charge is -2.07. The Labute approximate surface area is 137 Å². The van der Waals surface area contributed by atoms with Gasteiger partial charge >= 0.3 is 6.16 Å². The number of nitrogens with zero attached hydrogens (tertiary/aromatic N) is 2. The minimum atomic E-state index is -0.956. The van der Waals surface area contributed by atoms with Gasteiger partial charge in [0.25, 0.3) is 0 Å². The van der Waals surface area contributed by atoms with Gasteiger partial charge in [0.1, 0.15) is 13.2 Å². The van der Waals surface area contributed by atoms with Gasteiger partial charge in [0.05, 0.1) is 0 Å². The molecule has 9 heteroatoms. The molecule has 0 aromatic rings. The third-order valence-electron chi connectivity index (χ3n) is 3.28. The molecule has 0 unspecified atom stereocenters. The molecule has 0 saturated carbocycles. The zero-order chi connectivity index (χ0) is 17.5. The molecule has 0 N–H and O–H groups in total. The van der Waals surface area contributed by atoms with E-state index in [1.54, 1.807) is 0 Å². The Bertz CT molecular complexity index is 539. The molecular formula is C15H16N2O7. The van der Waals surface area contributed by atoms with E-state index in [0.29, 0.717) is 0 Å². The van der Waals surface area contributed by atoms with Crippen LogP contribution in [-0.2, 0) is 28.7 Å². The zero-order valence-electron chi connectivity index (χ0n) is 12.8. The molecule has 9 nitrogen and oxygen atoms in total. The Balaban J connectivity index is 1.63. The first kappa shape index (κ1) is 17.4. The smallest absolute Gasteiger partial charge is 0.430 e. The lowest BCUT2D eigenvalue weighted by atomic mass is 10.4. The van der Waals surface area contributed by atoms with Crippen molar-refractivity contribution < 1.29 is 33.4 Å². The van der Waals surface area contributed by atoms with E-state index in [9.17, 15) is 24.0 Å². The summed E-state index contributed by atoms with van der Waals surface area (Å²) in [5.41, 5.74) is 0. The van der Waals surface area contributed by atoms with Crippen LogP contribution in [0.2, 0.25) is 0 Å². The maximum atomic E-state index is 11.3. The number of amides is 4. The predicted molar refractivity (Wildman–Crippen MR) is 77.8 cm³/mol. The third-order valence-corrected chi connectivity index (χ3v) is 3.28. The fraction of sp³-hybridized carbons (Fsp3) is 0.400. The molecule has 0 aromatic heterocycles. The zero-order valence-corrected chi connectivity index (χ0v) is 12.8. The lowest BCUT2D eigenvalue weighted by Crippen LogP contribution is -2.23. The van der Waals surface area contributed by atoms with E-state index in [1.165, 1.54) is 24.6 Å². The van der Waals surface area contributed by atoms with Crippen molar-refractivity contribution in [2.24, 2.45) is 0 Å². The highest BCUT2D eigenvalue weighted by molar-refractivity contribution is 6.03. The quantitative estimate of drug-likeness (QED) is 0.512. The highest BCUT2D eigenvalue weighted by Gasteiger charge is 2.27. The van der Waals surface area contributed by atoms with Gasteiger partial charge in [-0.2, -0.15) is 0 Å². The van der Waals surface area contributed by atoms with E-state index in [4.69, 9.17) is 9.47 Å². The van der Waals surface area contributed by atoms with E-state index in [1.807, 2.05) is 0 Å². The molecule has 0 spiro atoms. The summed E-state index contributed by atoms with van der Waals surface area (Å²) in [6, 6.07) is 0. The van der Waals surface area contributed by atoms with Crippen LogP contribution < -0.4 is 0 Å². The summed E-state index contributed by atoms with van der Waals surface area (Å²) in [5.74, 6) is -1.19. The molecule has 0 radical (unpaired) electrons. The molecule has 2 aliphatic rings. The van der Waals surface area contributed by atoms with E-state index >= 15 is 0 Å². The second-order valence-corrected chi connectivity index (χ2v) is 4.96. The molecule has 2 aliphatic heterocycles. The van der Waals surface area contributed by atoms with Crippen molar-refractivity contribution >= 4 is 29.8 Å². The van der Waals surface area contributed by atoms with Crippen LogP contribution in [0.25, 0.3) is 0 Å². The van der Waals surface area contributed by atoms with Crippen molar-refractivity contribution in [1.82, 2.24) is 9.80 Å². The summed E-state index contributed by atoms with van der Waals surface area (Å²) >= 11 is 0. The van der Waals surface area contributed by atoms with Gasteiger partial charge in [0.2, 0.25) is 23.6 Å². The van der Waals surface area contributed by atoms with Gasteiger partial charge in [-0.1, -0.05) is 0 Å². The summed E-state index contributed by atoms with van der Waals surface area (Å²) in [5, 5.41) is 0.